The highest BCUT2D eigenvalue weighted by molar-refractivity contribution is 5.17. The van der Waals surface area contributed by atoms with Gasteiger partial charge in [-0.3, -0.25) is 10.1 Å². The van der Waals surface area contributed by atoms with Gasteiger partial charge in [-0.05, 0) is 6.07 Å². The van der Waals surface area contributed by atoms with E-state index in [4.69, 9.17) is 9.15 Å². The lowest BCUT2D eigenvalue weighted by Crippen LogP contribution is -1.84. The summed E-state index contributed by atoms with van der Waals surface area (Å²) in [6.07, 6.45) is 0. The Morgan fingerprint density at radius 3 is 2.91 bits per heavy atom. The van der Waals surface area contributed by atoms with E-state index in [0.29, 0.717) is 5.76 Å². The number of nitrogens with zero attached hydrogens (tertiary/aromatic N) is 1. The molecular formula is C6H7NO4. The molecule has 1 aromatic heterocycles. The molecule has 0 radical (unpaired) electrons. The molecule has 5 nitrogen and oxygen atoms in total. The molecule has 1 rings (SSSR count). The van der Waals surface area contributed by atoms with E-state index < -0.39 is 4.92 Å². The van der Waals surface area contributed by atoms with Gasteiger partial charge in [-0.1, -0.05) is 0 Å². The Bertz CT molecular complexity index is 255. The number of methoxy groups -OCH3 is 1. The molecule has 0 aliphatic carbocycles. The smallest absolute Gasteiger partial charge is 0.403 e. The first-order chi connectivity index (χ1) is 5.24. The number of nitro groups is 1. The van der Waals surface area contributed by atoms with Gasteiger partial charge in [0, 0.05) is 7.11 Å². The fraction of sp³-hybridized carbons (Fsp3) is 0.333. The molecule has 0 spiro atoms. The molecule has 0 fully saturated rings. The van der Waals surface area contributed by atoms with Crippen LogP contribution >= 0.6 is 0 Å². The van der Waals surface area contributed by atoms with E-state index in [9.17, 15) is 10.1 Å². The Hall–Kier alpha value is -1.36. The second kappa shape index (κ2) is 3.16. The first-order valence-electron chi connectivity index (χ1n) is 2.96. The summed E-state index contributed by atoms with van der Waals surface area (Å²) in [5, 5.41) is 10.1. The monoisotopic (exact) mass is 157 g/mol. The van der Waals surface area contributed by atoms with E-state index in [2.05, 4.69) is 0 Å². The van der Waals surface area contributed by atoms with Crippen LogP contribution in [0.3, 0.4) is 0 Å². The molecule has 0 saturated heterocycles. The van der Waals surface area contributed by atoms with E-state index in [1.54, 1.807) is 0 Å². The minimum absolute atomic E-state index is 0.253. The number of rotatable bonds is 3. The average molecular weight is 157 g/mol. The zero-order valence-corrected chi connectivity index (χ0v) is 5.94. The van der Waals surface area contributed by atoms with Gasteiger partial charge >= 0.3 is 5.88 Å². The molecule has 5 heteroatoms. The van der Waals surface area contributed by atoms with Crippen molar-refractivity contribution in [3.05, 3.63) is 28.0 Å². The first kappa shape index (κ1) is 7.74. The normalized spacial score (nSPS) is 9.91. The molecule has 0 bridgehead atoms. The Morgan fingerprint density at radius 2 is 2.45 bits per heavy atom. The van der Waals surface area contributed by atoms with Gasteiger partial charge in [0.1, 0.15) is 17.3 Å². The average Bonchev–Trinajstić information content (AvgIpc) is 2.37. The first-order valence-corrected chi connectivity index (χ1v) is 2.96. The highest BCUT2D eigenvalue weighted by Gasteiger charge is 2.10. The van der Waals surface area contributed by atoms with Crippen molar-refractivity contribution in [2.45, 2.75) is 6.61 Å². The van der Waals surface area contributed by atoms with Crippen molar-refractivity contribution in [3.63, 3.8) is 0 Å². The Labute approximate surface area is 62.7 Å². The summed E-state index contributed by atoms with van der Waals surface area (Å²) in [5.74, 6) is 0.205. The predicted molar refractivity (Wildman–Crippen MR) is 36.1 cm³/mol. The third-order valence-corrected chi connectivity index (χ3v) is 1.11. The SMILES string of the molecule is COCc1ccc([N+](=O)[O-])o1. The number of hydrogen-bond donors (Lipinski definition) is 0. The topological polar surface area (TPSA) is 65.5 Å². The van der Waals surface area contributed by atoms with Crippen LogP contribution in [0.1, 0.15) is 5.76 Å². The van der Waals surface area contributed by atoms with Crippen molar-refractivity contribution in [2.24, 2.45) is 0 Å². The lowest BCUT2D eigenvalue weighted by atomic mass is 10.5. The third kappa shape index (κ3) is 1.78. The molecule has 1 heterocycles. The largest absolute Gasteiger partial charge is 0.433 e. The maximum absolute atomic E-state index is 10.1. The molecule has 0 aliphatic rings. The summed E-state index contributed by atoms with van der Waals surface area (Å²) < 4.78 is 9.47. The van der Waals surface area contributed by atoms with Crippen molar-refractivity contribution in [3.8, 4) is 0 Å². The molecule has 0 N–H and O–H groups in total. The van der Waals surface area contributed by atoms with Crippen LogP contribution in [-0.2, 0) is 11.3 Å². The van der Waals surface area contributed by atoms with Gasteiger partial charge in [0.15, 0.2) is 0 Å². The molecule has 0 saturated carbocycles. The van der Waals surface area contributed by atoms with Crippen LogP contribution in [0.15, 0.2) is 16.5 Å². The number of furan rings is 1. The van der Waals surface area contributed by atoms with E-state index in [0.717, 1.165) is 0 Å². The van der Waals surface area contributed by atoms with Gasteiger partial charge in [0.05, 0.1) is 6.07 Å². The van der Waals surface area contributed by atoms with Gasteiger partial charge < -0.3 is 9.15 Å². The summed E-state index contributed by atoms with van der Waals surface area (Å²) in [6, 6.07) is 2.82. The standard InChI is InChI=1S/C6H7NO4/c1-10-4-5-2-3-6(11-5)7(8)9/h2-3H,4H2,1H3. The summed E-state index contributed by atoms with van der Waals surface area (Å²) >= 11 is 0. The zero-order valence-electron chi connectivity index (χ0n) is 5.94. The third-order valence-electron chi connectivity index (χ3n) is 1.11. The minimum atomic E-state index is -0.584. The zero-order chi connectivity index (χ0) is 8.27. The van der Waals surface area contributed by atoms with Crippen LogP contribution in [-0.4, -0.2) is 12.0 Å². The Morgan fingerprint density at radius 1 is 1.73 bits per heavy atom. The predicted octanol–water partition coefficient (Wildman–Crippen LogP) is 1.33. The van der Waals surface area contributed by atoms with E-state index in [1.165, 1.54) is 19.2 Å². The van der Waals surface area contributed by atoms with E-state index in [1.807, 2.05) is 0 Å². The fourth-order valence-electron chi connectivity index (χ4n) is 0.685. The van der Waals surface area contributed by atoms with Crippen LogP contribution in [0, 0.1) is 10.1 Å². The summed E-state index contributed by atoms with van der Waals surface area (Å²) in [6.45, 7) is 0.258. The number of hydrogen-bond acceptors (Lipinski definition) is 4. The van der Waals surface area contributed by atoms with Crippen LogP contribution in [0.25, 0.3) is 0 Å². The van der Waals surface area contributed by atoms with Crippen molar-refractivity contribution >= 4 is 5.88 Å². The molecule has 0 atom stereocenters. The summed E-state index contributed by atoms with van der Waals surface area (Å²) in [4.78, 5) is 9.51. The van der Waals surface area contributed by atoms with Crippen molar-refractivity contribution in [1.29, 1.82) is 0 Å². The van der Waals surface area contributed by atoms with Gasteiger partial charge in [-0.25, -0.2) is 0 Å². The molecule has 11 heavy (non-hydrogen) atoms. The minimum Gasteiger partial charge on any atom is -0.403 e. The van der Waals surface area contributed by atoms with Gasteiger partial charge in [0.2, 0.25) is 0 Å². The lowest BCUT2D eigenvalue weighted by molar-refractivity contribution is -0.402. The van der Waals surface area contributed by atoms with Gasteiger partial charge in [-0.2, -0.15) is 0 Å². The molecule has 0 aliphatic heterocycles. The van der Waals surface area contributed by atoms with Gasteiger partial charge in [0.25, 0.3) is 0 Å². The second-order valence-electron chi connectivity index (χ2n) is 1.93. The van der Waals surface area contributed by atoms with Crippen LogP contribution in [0.4, 0.5) is 5.88 Å². The quantitative estimate of drug-likeness (QED) is 0.490. The number of ether oxygens (including phenoxy) is 1. The molecule has 0 amide bonds. The molecule has 1 aromatic rings. The second-order valence-corrected chi connectivity index (χ2v) is 1.93. The molecule has 60 valence electrons. The van der Waals surface area contributed by atoms with Crippen LogP contribution in [0.2, 0.25) is 0 Å². The highest BCUT2D eigenvalue weighted by atomic mass is 16.6. The maximum atomic E-state index is 10.1. The molecular weight excluding hydrogens is 150 g/mol. The Kier molecular flexibility index (Phi) is 2.22. The van der Waals surface area contributed by atoms with Crippen molar-refractivity contribution in [2.75, 3.05) is 7.11 Å². The van der Waals surface area contributed by atoms with Gasteiger partial charge in [-0.15, -0.1) is 0 Å². The lowest BCUT2D eigenvalue weighted by Gasteiger charge is -1.89. The molecule has 0 unspecified atom stereocenters. The highest BCUT2D eigenvalue weighted by Crippen LogP contribution is 2.15. The van der Waals surface area contributed by atoms with Crippen molar-refractivity contribution < 1.29 is 14.1 Å². The molecule has 0 aromatic carbocycles. The maximum Gasteiger partial charge on any atom is 0.433 e. The van der Waals surface area contributed by atoms with Crippen LogP contribution < -0.4 is 0 Å². The van der Waals surface area contributed by atoms with E-state index >= 15 is 0 Å². The summed E-state index contributed by atoms with van der Waals surface area (Å²) in [5.41, 5.74) is 0. The van der Waals surface area contributed by atoms with Crippen LogP contribution in [0.5, 0.6) is 0 Å². The van der Waals surface area contributed by atoms with E-state index in [-0.39, 0.29) is 12.5 Å². The fourth-order valence-corrected chi connectivity index (χ4v) is 0.685. The van der Waals surface area contributed by atoms with Crippen molar-refractivity contribution in [1.82, 2.24) is 0 Å². The Balaban J connectivity index is 2.73. The summed E-state index contributed by atoms with van der Waals surface area (Å²) in [7, 11) is 1.49.